The Balaban J connectivity index is 1.21. The Hall–Kier alpha value is -5.46. The fourth-order valence-corrected chi connectivity index (χ4v) is 10.3. The first-order chi connectivity index (χ1) is 27.5. The summed E-state index contributed by atoms with van der Waals surface area (Å²) in [6.45, 7) is 14.1. The van der Waals surface area contributed by atoms with Gasteiger partial charge in [0, 0.05) is 0 Å². The number of allylic oxidation sites excluding steroid dienone is 12. The van der Waals surface area contributed by atoms with E-state index in [2.05, 4.69) is 187 Å². The van der Waals surface area contributed by atoms with E-state index >= 15 is 0 Å². The topological polar surface area (TPSA) is 0 Å². The van der Waals surface area contributed by atoms with Crippen molar-refractivity contribution in [2.24, 2.45) is 0 Å². The summed E-state index contributed by atoms with van der Waals surface area (Å²) in [7, 11) is 0. The Kier molecular flexibility index (Phi) is 8.39. The van der Waals surface area contributed by atoms with Crippen molar-refractivity contribution in [2.45, 2.75) is 96.3 Å². The monoisotopic (exact) mass is 738 g/mol. The van der Waals surface area contributed by atoms with Crippen LogP contribution in [0, 0.1) is 0 Å². The lowest BCUT2D eigenvalue weighted by Crippen LogP contribution is -2.27. The lowest BCUT2D eigenvalue weighted by atomic mass is 9.68. The van der Waals surface area contributed by atoms with E-state index in [-0.39, 0.29) is 10.8 Å². The Labute approximate surface area is 340 Å². The van der Waals surface area contributed by atoms with Crippen LogP contribution >= 0.6 is 0 Å². The van der Waals surface area contributed by atoms with Crippen LogP contribution in [0.1, 0.15) is 125 Å². The average Bonchev–Trinajstić information content (AvgIpc) is 3.69. The van der Waals surface area contributed by atoms with E-state index in [0.717, 1.165) is 38.5 Å². The zero-order valence-electron chi connectivity index (χ0n) is 34.6. The SMILES string of the molecule is CC(C)(C)c1ccc2c(c1)C1(c3cc(C4=CC=C(C5=CC=CCC5)CC4)ccc3-c3ccc(-c4ccc(C5=CC=CCC5)cc4)cc31)c1cc(C(C)(C)C)ccc1-2. The molecule has 0 unspecified atom stereocenters. The Morgan fingerprint density at radius 2 is 0.772 bits per heavy atom. The molecule has 0 heterocycles. The summed E-state index contributed by atoms with van der Waals surface area (Å²) in [5.74, 6) is 0. The van der Waals surface area contributed by atoms with Gasteiger partial charge in [0.15, 0.2) is 0 Å². The van der Waals surface area contributed by atoms with Gasteiger partial charge in [-0.3, -0.25) is 0 Å². The second-order valence-corrected chi connectivity index (χ2v) is 19.1. The van der Waals surface area contributed by atoms with E-state index in [1.165, 1.54) is 100 Å². The molecule has 0 bridgehead atoms. The molecule has 0 fully saturated rings. The van der Waals surface area contributed by atoms with Crippen LogP contribution in [0.4, 0.5) is 0 Å². The largest absolute Gasteiger partial charge is 0.0842 e. The molecule has 5 aromatic rings. The number of hydrogen-bond donors (Lipinski definition) is 0. The highest BCUT2D eigenvalue weighted by Gasteiger charge is 2.52. The number of fused-ring (bicyclic) bond motifs is 10. The van der Waals surface area contributed by atoms with Crippen LogP contribution in [0.15, 0.2) is 157 Å². The number of rotatable bonds is 4. The number of benzene rings is 5. The molecule has 0 heteroatoms. The van der Waals surface area contributed by atoms with Gasteiger partial charge in [-0.2, -0.15) is 0 Å². The van der Waals surface area contributed by atoms with Gasteiger partial charge in [0.1, 0.15) is 0 Å². The molecule has 5 aliphatic carbocycles. The van der Waals surface area contributed by atoms with Crippen LogP contribution in [0.5, 0.6) is 0 Å². The standard InChI is InChI=1S/C57H54/c1-55(2,3)45-27-31-49-50-32-28-46(56(4,5)6)36-54(50)57(53(49)35-45)51-33-43(41-21-17-39(18-22-41)37-13-9-7-10-14-37)25-29-47(51)48-30-26-44(34-52(48)57)42-23-19-40(20-24-42)38-15-11-8-12-16-38/h7-9,11,13,15,17-19,21-23,25-36H,10,12,14,16,20,24H2,1-6H3. The smallest absolute Gasteiger partial charge is 0.0726 e. The van der Waals surface area contributed by atoms with Crippen molar-refractivity contribution in [1.29, 1.82) is 0 Å². The van der Waals surface area contributed by atoms with Gasteiger partial charge >= 0.3 is 0 Å². The summed E-state index contributed by atoms with van der Waals surface area (Å²) in [5.41, 5.74) is 24.6. The van der Waals surface area contributed by atoms with Gasteiger partial charge in [-0.25, -0.2) is 0 Å². The highest BCUT2D eigenvalue weighted by Crippen LogP contribution is 2.64. The summed E-state index contributed by atoms with van der Waals surface area (Å²) in [5, 5.41) is 0. The maximum atomic E-state index is 2.59. The van der Waals surface area contributed by atoms with Crippen molar-refractivity contribution in [3.63, 3.8) is 0 Å². The fraction of sp³-hybridized carbons (Fsp3) is 0.263. The van der Waals surface area contributed by atoms with E-state index in [0.29, 0.717) is 0 Å². The van der Waals surface area contributed by atoms with E-state index < -0.39 is 5.41 Å². The first-order valence-electron chi connectivity index (χ1n) is 21.3. The van der Waals surface area contributed by atoms with Crippen LogP contribution in [-0.4, -0.2) is 0 Å². The van der Waals surface area contributed by atoms with E-state index in [4.69, 9.17) is 0 Å². The molecule has 10 rings (SSSR count). The molecule has 282 valence electrons. The third-order valence-corrected chi connectivity index (χ3v) is 13.6. The van der Waals surface area contributed by atoms with Crippen molar-refractivity contribution in [3.8, 4) is 33.4 Å². The Morgan fingerprint density at radius 1 is 0.368 bits per heavy atom. The normalized spacial score (nSPS) is 17.6. The van der Waals surface area contributed by atoms with Crippen LogP contribution in [-0.2, 0) is 16.2 Å². The van der Waals surface area contributed by atoms with Gasteiger partial charge in [-0.05, 0) is 162 Å². The lowest BCUT2D eigenvalue weighted by Gasteiger charge is -2.33. The predicted molar refractivity (Wildman–Crippen MR) is 244 cm³/mol. The van der Waals surface area contributed by atoms with Crippen molar-refractivity contribution < 1.29 is 0 Å². The average molecular weight is 739 g/mol. The van der Waals surface area contributed by atoms with E-state index in [1.807, 2.05) is 0 Å². The third-order valence-electron chi connectivity index (χ3n) is 13.6. The molecule has 0 nitrogen and oxygen atoms in total. The molecule has 0 radical (unpaired) electrons. The first kappa shape index (κ1) is 35.9. The molecule has 0 aliphatic heterocycles. The minimum absolute atomic E-state index is 0.0152. The minimum Gasteiger partial charge on any atom is -0.0842 e. The predicted octanol–water partition coefficient (Wildman–Crippen LogP) is 15.4. The number of hydrogen-bond acceptors (Lipinski definition) is 0. The van der Waals surface area contributed by atoms with Gasteiger partial charge < -0.3 is 0 Å². The highest BCUT2D eigenvalue weighted by molar-refractivity contribution is 5.97. The van der Waals surface area contributed by atoms with E-state index in [1.54, 1.807) is 0 Å². The lowest BCUT2D eigenvalue weighted by molar-refractivity contribution is 0.586. The first-order valence-corrected chi connectivity index (χ1v) is 21.3. The maximum absolute atomic E-state index is 2.59. The fourth-order valence-electron chi connectivity index (χ4n) is 10.3. The highest BCUT2D eigenvalue weighted by atomic mass is 14.5. The molecule has 0 atom stereocenters. The van der Waals surface area contributed by atoms with Gasteiger partial charge in [-0.15, -0.1) is 0 Å². The molecular formula is C57H54. The quantitative estimate of drug-likeness (QED) is 0.169. The maximum Gasteiger partial charge on any atom is 0.0726 e. The van der Waals surface area contributed by atoms with Gasteiger partial charge in [0.2, 0.25) is 0 Å². The molecule has 0 aromatic heterocycles. The minimum atomic E-state index is -0.446. The molecule has 57 heavy (non-hydrogen) atoms. The summed E-state index contributed by atoms with van der Waals surface area (Å²) >= 11 is 0. The zero-order valence-corrected chi connectivity index (χ0v) is 34.6. The Morgan fingerprint density at radius 3 is 1.28 bits per heavy atom. The molecule has 5 aliphatic rings. The zero-order chi connectivity index (χ0) is 39.1. The second kappa shape index (κ2) is 13.3. The van der Waals surface area contributed by atoms with Crippen molar-refractivity contribution in [1.82, 2.24) is 0 Å². The van der Waals surface area contributed by atoms with Crippen molar-refractivity contribution >= 4 is 11.1 Å². The van der Waals surface area contributed by atoms with E-state index in [9.17, 15) is 0 Å². The molecule has 0 N–H and O–H groups in total. The third kappa shape index (κ3) is 5.86. The molecule has 5 aromatic carbocycles. The summed E-state index contributed by atoms with van der Waals surface area (Å²) in [6, 6.07) is 38.9. The molecule has 0 saturated heterocycles. The van der Waals surface area contributed by atoms with Crippen LogP contribution in [0.3, 0.4) is 0 Å². The molecule has 0 amide bonds. The summed E-state index contributed by atoms with van der Waals surface area (Å²) < 4.78 is 0. The molecular weight excluding hydrogens is 685 g/mol. The van der Waals surface area contributed by atoms with Crippen LogP contribution in [0.2, 0.25) is 0 Å². The van der Waals surface area contributed by atoms with Crippen LogP contribution in [0.25, 0.3) is 44.5 Å². The summed E-state index contributed by atoms with van der Waals surface area (Å²) in [4.78, 5) is 0. The second-order valence-electron chi connectivity index (χ2n) is 19.1. The summed E-state index contributed by atoms with van der Waals surface area (Å²) in [6.07, 6.45) is 25.1. The van der Waals surface area contributed by atoms with Crippen molar-refractivity contribution in [3.05, 3.63) is 201 Å². The van der Waals surface area contributed by atoms with Gasteiger partial charge in [0.05, 0.1) is 5.41 Å². The van der Waals surface area contributed by atoms with Gasteiger partial charge in [-0.1, -0.05) is 175 Å². The van der Waals surface area contributed by atoms with Gasteiger partial charge in [0.25, 0.3) is 0 Å². The molecule has 1 spiro atoms. The van der Waals surface area contributed by atoms with Crippen LogP contribution < -0.4 is 0 Å². The Bertz CT molecular complexity index is 2600. The molecule has 0 saturated carbocycles. The van der Waals surface area contributed by atoms with Crippen molar-refractivity contribution in [2.75, 3.05) is 0 Å².